The van der Waals surface area contributed by atoms with Gasteiger partial charge in [0.05, 0.1) is 17.6 Å². The lowest BCUT2D eigenvalue weighted by Gasteiger charge is -2.26. The summed E-state index contributed by atoms with van der Waals surface area (Å²) in [6.07, 6.45) is 3.62. The summed E-state index contributed by atoms with van der Waals surface area (Å²) >= 11 is 6.04. The summed E-state index contributed by atoms with van der Waals surface area (Å²) in [5.41, 5.74) is 2.07. The Hall–Kier alpha value is -1.09. The third-order valence-electron chi connectivity index (χ3n) is 3.86. The number of alkyl halides is 1. The highest BCUT2D eigenvalue weighted by molar-refractivity contribution is 6.16. The second-order valence-electron chi connectivity index (χ2n) is 5.79. The zero-order chi connectivity index (χ0) is 14.0. The fourth-order valence-corrected chi connectivity index (χ4v) is 2.94. The monoisotopic (exact) mass is 279 g/mol. The maximum Gasteiger partial charge on any atom is 0.124 e. The van der Waals surface area contributed by atoms with Crippen molar-refractivity contribution < 1.29 is 0 Å². The minimum Gasteiger partial charge on any atom is -0.327 e. The molecule has 4 heteroatoms. The van der Waals surface area contributed by atoms with Gasteiger partial charge in [-0.3, -0.25) is 4.98 Å². The highest BCUT2D eigenvalue weighted by Crippen LogP contribution is 2.26. The average molecular weight is 280 g/mol. The molecule has 0 bridgehead atoms. The van der Waals surface area contributed by atoms with Crippen molar-refractivity contribution in [1.82, 2.24) is 14.5 Å². The second-order valence-corrected chi connectivity index (χ2v) is 6.06. The molecule has 0 spiro atoms. The van der Waals surface area contributed by atoms with Crippen molar-refractivity contribution in [1.29, 1.82) is 0 Å². The fraction of sp³-hybridized carbons (Fsp3) is 0.600. The molecule has 2 aromatic heterocycles. The molecule has 0 N–H and O–H groups in total. The van der Waals surface area contributed by atoms with Crippen LogP contribution in [0.3, 0.4) is 0 Å². The first kappa shape index (κ1) is 14.3. The highest BCUT2D eigenvalue weighted by Gasteiger charge is 2.20. The van der Waals surface area contributed by atoms with Crippen LogP contribution in [0.1, 0.15) is 33.5 Å². The van der Waals surface area contributed by atoms with Gasteiger partial charge in [-0.15, -0.1) is 11.6 Å². The van der Waals surface area contributed by atoms with Crippen LogP contribution in [0.5, 0.6) is 0 Å². The minimum atomic E-state index is 0.442. The van der Waals surface area contributed by atoms with Crippen molar-refractivity contribution in [3.8, 4) is 0 Å². The normalized spacial score (nSPS) is 12.2. The molecule has 0 aliphatic heterocycles. The zero-order valence-corrected chi connectivity index (χ0v) is 12.9. The maximum absolute atomic E-state index is 6.04. The largest absolute Gasteiger partial charge is 0.327 e. The van der Waals surface area contributed by atoms with Gasteiger partial charge in [-0.2, -0.15) is 0 Å². The average Bonchev–Trinajstić information content (AvgIpc) is 2.72. The molecule has 0 aliphatic carbocycles. The van der Waals surface area contributed by atoms with E-state index in [9.17, 15) is 0 Å². The van der Waals surface area contributed by atoms with Gasteiger partial charge >= 0.3 is 0 Å². The number of nitrogens with zero attached hydrogens (tertiary/aromatic N) is 3. The molecular weight excluding hydrogens is 258 g/mol. The SMILES string of the molecule is CC(C)C(Cn1c(CCl)nc2cnccc21)C(C)C. The molecule has 0 amide bonds. The molecule has 3 nitrogen and oxygen atoms in total. The number of hydrogen-bond donors (Lipinski definition) is 0. The van der Waals surface area contributed by atoms with E-state index in [0.717, 1.165) is 23.4 Å². The number of hydrogen-bond acceptors (Lipinski definition) is 2. The van der Waals surface area contributed by atoms with Crippen LogP contribution in [-0.4, -0.2) is 14.5 Å². The van der Waals surface area contributed by atoms with E-state index in [4.69, 9.17) is 11.6 Å². The van der Waals surface area contributed by atoms with Crippen LogP contribution in [-0.2, 0) is 12.4 Å². The summed E-state index contributed by atoms with van der Waals surface area (Å²) in [7, 11) is 0. The molecule has 0 fully saturated rings. The standard InChI is InChI=1S/C15H22ClN3/c1-10(2)12(11(3)4)9-19-14-5-6-17-8-13(14)18-15(19)7-16/h5-6,8,10-12H,7,9H2,1-4H3. The van der Waals surface area contributed by atoms with E-state index in [1.54, 1.807) is 0 Å². The van der Waals surface area contributed by atoms with Gasteiger partial charge in [0, 0.05) is 12.7 Å². The van der Waals surface area contributed by atoms with Crippen LogP contribution in [0.25, 0.3) is 11.0 Å². The molecule has 19 heavy (non-hydrogen) atoms. The van der Waals surface area contributed by atoms with Gasteiger partial charge in [0.2, 0.25) is 0 Å². The predicted octanol–water partition coefficient (Wildman–Crippen LogP) is 4.10. The van der Waals surface area contributed by atoms with E-state index in [1.165, 1.54) is 0 Å². The third kappa shape index (κ3) is 2.92. The number of fused-ring (bicyclic) bond motifs is 1. The summed E-state index contributed by atoms with van der Waals surface area (Å²) in [6.45, 7) is 10.1. The molecule has 0 radical (unpaired) electrons. The number of rotatable bonds is 5. The van der Waals surface area contributed by atoms with Crippen LogP contribution in [0.4, 0.5) is 0 Å². The van der Waals surface area contributed by atoms with Gasteiger partial charge in [0.1, 0.15) is 11.3 Å². The third-order valence-corrected chi connectivity index (χ3v) is 4.09. The van der Waals surface area contributed by atoms with Gasteiger partial charge in [0.25, 0.3) is 0 Å². The molecule has 0 unspecified atom stereocenters. The lowest BCUT2D eigenvalue weighted by Crippen LogP contribution is -2.22. The second kappa shape index (κ2) is 5.91. The summed E-state index contributed by atoms with van der Waals surface area (Å²) in [6, 6.07) is 2.02. The van der Waals surface area contributed by atoms with Crippen molar-refractivity contribution in [3.05, 3.63) is 24.3 Å². The van der Waals surface area contributed by atoms with Crippen molar-refractivity contribution in [2.45, 2.75) is 40.1 Å². The number of aromatic nitrogens is 3. The quantitative estimate of drug-likeness (QED) is 0.772. The van der Waals surface area contributed by atoms with Crippen LogP contribution < -0.4 is 0 Å². The van der Waals surface area contributed by atoms with E-state index in [2.05, 4.69) is 42.2 Å². The summed E-state index contributed by atoms with van der Waals surface area (Å²) in [5, 5.41) is 0. The summed E-state index contributed by atoms with van der Waals surface area (Å²) < 4.78 is 2.26. The van der Waals surface area contributed by atoms with E-state index in [0.29, 0.717) is 23.6 Å². The zero-order valence-electron chi connectivity index (χ0n) is 12.1. The highest BCUT2D eigenvalue weighted by atomic mass is 35.5. The van der Waals surface area contributed by atoms with Gasteiger partial charge in [0.15, 0.2) is 0 Å². The van der Waals surface area contributed by atoms with Gasteiger partial charge in [-0.05, 0) is 23.8 Å². The predicted molar refractivity (Wildman–Crippen MR) is 80.3 cm³/mol. The first-order valence-electron chi connectivity index (χ1n) is 6.89. The lowest BCUT2D eigenvalue weighted by atomic mass is 9.85. The number of pyridine rings is 1. The molecule has 0 saturated carbocycles. The van der Waals surface area contributed by atoms with Crippen LogP contribution in [0.15, 0.2) is 18.5 Å². The van der Waals surface area contributed by atoms with Crippen molar-refractivity contribution >= 4 is 22.6 Å². The maximum atomic E-state index is 6.04. The Morgan fingerprint density at radius 3 is 2.47 bits per heavy atom. The smallest absolute Gasteiger partial charge is 0.124 e. The molecule has 104 valence electrons. The molecule has 2 rings (SSSR count). The van der Waals surface area contributed by atoms with Gasteiger partial charge in [-0.1, -0.05) is 27.7 Å². The Labute approximate surface area is 120 Å². The molecular formula is C15H22ClN3. The molecule has 0 saturated heterocycles. The van der Waals surface area contributed by atoms with Crippen LogP contribution in [0.2, 0.25) is 0 Å². The van der Waals surface area contributed by atoms with E-state index in [-0.39, 0.29) is 0 Å². The molecule has 0 aliphatic rings. The fourth-order valence-electron chi connectivity index (χ4n) is 2.74. The molecule has 0 atom stereocenters. The first-order chi connectivity index (χ1) is 9.04. The number of imidazole rings is 1. The summed E-state index contributed by atoms with van der Waals surface area (Å²) in [4.78, 5) is 8.70. The van der Waals surface area contributed by atoms with E-state index in [1.807, 2.05) is 18.5 Å². The number of halogens is 1. The minimum absolute atomic E-state index is 0.442. The Morgan fingerprint density at radius 1 is 1.21 bits per heavy atom. The van der Waals surface area contributed by atoms with E-state index >= 15 is 0 Å². The topological polar surface area (TPSA) is 30.7 Å². The van der Waals surface area contributed by atoms with Crippen molar-refractivity contribution in [2.75, 3.05) is 0 Å². The lowest BCUT2D eigenvalue weighted by molar-refractivity contribution is 0.252. The van der Waals surface area contributed by atoms with Gasteiger partial charge in [-0.25, -0.2) is 4.98 Å². The van der Waals surface area contributed by atoms with Crippen LogP contribution >= 0.6 is 11.6 Å². The summed E-state index contributed by atoms with van der Waals surface area (Å²) in [5.74, 6) is 3.28. The molecule has 2 heterocycles. The first-order valence-corrected chi connectivity index (χ1v) is 7.43. The molecule has 2 aromatic rings. The Morgan fingerprint density at radius 2 is 1.89 bits per heavy atom. The van der Waals surface area contributed by atoms with E-state index < -0.39 is 0 Å². The van der Waals surface area contributed by atoms with Crippen LogP contribution in [0, 0.1) is 17.8 Å². The van der Waals surface area contributed by atoms with Gasteiger partial charge < -0.3 is 4.57 Å². The molecule has 0 aromatic carbocycles. The Bertz CT molecular complexity index is 537. The Kier molecular flexibility index (Phi) is 4.46. The van der Waals surface area contributed by atoms with Crippen molar-refractivity contribution in [2.24, 2.45) is 17.8 Å². The van der Waals surface area contributed by atoms with Crippen molar-refractivity contribution in [3.63, 3.8) is 0 Å². The Balaban J connectivity index is 2.43.